The van der Waals surface area contributed by atoms with Crippen molar-refractivity contribution in [2.45, 2.75) is 52.0 Å². The Morgan fingerprint density at radius 1 is 1.45 bits per heavy atom. The molecule has 1 N–H and O–H groups in total. The molecule has 6 nitrogen and oxygen atoms in total. The minimum Gasteiger partial charge on any atom is -0.467 e. The molecular formula is C14H22N2O4. The molecule has 6 heteroatoms. The van der Waals surface area contributed by atoms with E-state index in [0.29, 0.717) is 12.2 Å². The molecule has 1 amide bonds. The summed E-state index contributed by atoms with van der Waals surface area (Å²) in [5, 5.41) is 6.34. The minimum absolute atomic E-state index is 0.160. The van der Waals surface area contributed by atoms with E-state index < -0.39 is 17.4 Å². The Morgan fingerprint density at radius 3 is 2.65 bits per heavy atom. The van der Waals surface area contributed by atoms with Crippen molar-refractivity contribution in [3.05, 3.63) is 17.5 Å². The second-order valence-electron chi connectivity index (χ2n) is 5.06. The fourth-order valence-electron chi connectivity index (χ4n) is 1.96. The third-order valence-electron chi connectivity index (χ3n) is 3.17. The van der Waals surface area contributed by atoms with Gasteiger partial charge in [-0.2, -0.15) is 0 Å². The normalized spacial score (nSPS) is 13.6. The number of ether oxygens (including phenoxy) is 1. The van der Waals surface area contributed by atoms with Gasteiger partial charge in [0.05, 0.1) is 7.11 Å². The highest BCUT2D eigenvalue weighted by Gasteiger charge is 2.36. The summed E-state index contributed by atoms with van der Waals surface area (Å²) in [7, 11) is 1.31. The number of methoxy groups -OCH3 is 1. The molecule has 0 saturated carbocycles. The van der Waals surface area contributed by atoms with E-state index in [1.165, 1.54) is 13.2 Å². The molecule has 0 aliphatic carbocycles. The first kappa shape index (κ1) is 16.2. The number of amides is 1. The van der Waals surface area contributed by atoms with Crippen molar-refractivity contribution < 1.29 is 18.8 Å². The van der Waals surface area contributed by atoms with E-state index in [0.717, 1.165) is 19.3 Å². The molecule has 1 aromatic heterocycles. The van der Waals surface area contributed by atoms with Crippen LogP contribution < -0.4 is 5.32 Å². The molecule has 1 unspecified atom stereocenters. The first-order chi connectivity index (χ1) is 9.42. The third-order valence-corrected chi connectivity index (χ3v) is 3.17. The highest BCUT2D eigenvalue weighted by Crippen LogP contribution is 2.17. The van der Waals surface area contributed by atoms with Crippen LogP contribution in [0.25, 0.3) is 0 Å². The van der Waals surface area contributed by atoms with Crippen molar-refractivity contribution in [3.8, 4) is 0 Å². The smallest absolute Gasteiger partial charge is 0.331 e. The summed E-state index contributed by atoms with van der Waals surface area (Å²) in [6, 6.07) is 1.53. The van der Waals surface area contributed by atoms with Gasteiger partial charge in [0.25, 0.3) is 5.91 Å². The molecule has 1 rings (SSSR count). The topological polar surface area (TPSA) is 81.4 Å². The van der Waals surface area contributed by atoms with Gasteiger partial charge in [-0.25, -0.2) is 4.79 Å². The molecule has 0 aromatic carbocycles. The molecule has 1 atom stereocenters. The lowest BCUT2D eigenvalue weighted by atomic mass is 9.94. The Bertz CT molecular complexity index is 469. The lowest BCUT2D eigenvalue weighted by molar-refractivity contribution is -0.147. The quantitative estimate of drug-likeness (QED) is 0.612. The standard InChI is InChI=1S/C14H22N2O4/c1-5-6-7-8-14(3,13(18)19-4)15-12(17)11-9-10(2)20-16-11/h9H,5-8H2,1-4H3,(H,15,17). The molecule has 20 heavy (non-hydrogen) atoms. The zero-order valence-electron chi connectivity index (χ0n) is 12.5. The van der Waals surface area contributed by atoms with Crippen molar-refractivity contribution in [1.82, 2.24) is 10.5 Å². The Hall–Kier alpha value is -1.85. The maximum atomic E-state index is 12.1. The van der Waals surface area contributed by atoms with Gasteiger partial charge in [0, 0.05) is 6.07 Å². The number of nitrogens with one attached hydrogen (secondary N) is 1. The molecule has 0 aliphatic heterocycles. The minimum atomic E-state index is -1.05. The lowest BCUT2D eigenvalue weighted by Gasteiger charge is -2.27. The Morgan fingerprint density at radius 2 is 2.15 bits per heavy atom. The van der Waals surface area contributed by atoms with Gasteiger partial charge in [-0.3, -0.25) is 4.79 Å². The van der Waals surface area contributed by atoms with Crippen LogP contribution >= 0.6 is 0 Å². The van der Waals surface area contributed by atoms with Crippen LogP contribution in [0.3, 0.4) is 0 Å². The van der Waals surface area contributed by atoms with Crippen LogP contribution in [0.15, 0.2) is 10.6 Å². The molecule has 0 fully saturated rings. The predicted octanol–water partition coefficient (Wildman–Crippen LogP) is 2.22. The molecule has 0 aliphatic rings. The number of hydrogen-bond acceptors (Lipinski definition) is 5. The lowest BCUT2D eigenvalue weighted by Crippen LogP contribution is -2.52. The Labute approximate surface area is 118 Å². The van der Waals surface area contributed by atoms with Crippen LogP contribution in [-0.4, -0.2) is 29.7 Å². The number of unbranched alkanes of at least 4 members (excludes halogenated alkanes) is 2. The molecule has 112 valence electrons. The summed E-state index contributed by atoms with van der Waals surface area (Å²) in [6.45, 7) is 5.44. The molecule has 0 bridgehead atoms. The number of carbonyl (C=O) groups is 2. The van der Waals surface area contributed by atoms with Crippen molar-refractivity contribution in [2.75, 3.05) is 7.11 Å². The number of rotatable bonds is 7. The highest BCUT2D eigenvalue weighted by molar-refractivity contribution is 5.96. The monoisotopic (exact) mass is 282 g/mol. The zero-order valence-corrected chi connectivity index (χ0v) is 12.5. The van der Waals surface area contributed by atoms with Crippen LogP contribution in [0.1, 0.15) is 55.8 Å². The average molecular weight is 282 g/mol. The van der Waals surface area contributed by atoms with Gasteiger partial charge in [0.2, 0.25) is 0 Å². The van der Waals surface area contributed by atoms with E-state index in [1.807, 2.05) is 0 Å². The number of aromatic nitrogens is 1. The molecule has 1 aromatic rings. The summed E-state index contributed by atoms with van der Waals surface area (Å²) >= 11 is 0. The maximum Gasteiger partial charge on any atom is 0.331 e. The second kappa shape index (κ2) is 7.07. The van der Waals surface area contributed by atoms with E-state index in [2.05, 4.69) is 17.4 Å². The fraction of sp³-hybridized carbons (Fsp3) is 0.643. The van der Waals surface area contributed by atoms with Gasteiger partial charge in [0.1, 0.15) is 11.3 Å². The number of nitrogens with zero attached hydrogens (tertiary/aromatic N) is 1. The molecule has 0 spiro atoms. The van der Waals surface area contributed by atoms with Crippen molar-refractivity contribution >= 4 is 11.9 Å². The van der Waals surface area contributed by atoms with E-state index in [1.54, 1.807) is 13.8 Å². The van der Waals surface area contributed by atoms with Gasteiger partial charge in [-0.15, -0.1) is 0 Å². The predicted molar refractivity (Wildman–Crippen MR) is 73.3 cm³/mol. The van der Waals surface area contributed by atoms with Crippen molar-refractivity contribution in [2.24, 2.45) is 0 Å². The zero-order chi connectivity index (χ0) is 15.2. The average Bonchev–Trinajstić information content (AvgIpc) is 2.84. The van der Waals surface area contributed by atoms with Crippen LogP contribution in [0.4, 0.5) is 0 Å². The molecule has 0 saturated heterocycles. The summed E-state index contributed by atoms with van der Waals surface area (Å²) in [5.74, 6) is -0.352. The number of aryl methyl sites for hydroxylation is 1. The SMILES string of the molecule is CCCCCC(C)(NC(=O)c1cc(C)on1)C(=O)OC. The summed E-state index contributed by atoms with van der Waals surface area (Å²) < 4.78 is 9.65. The second-order valence-corrected chi connectivity index (χ2v) is 5.06. The van der Waals surface area contributed by atoms with Crippen molar-refractivity contribution in [1.29, 1.82) is 0 Å². The summed E-state index contributed by atoms with van der Waals surface area (Å²) in [5.41, 5.74) is -0.887. The largest absolute Gasteiger partial charge is 0.467 e. The van der Waals surface area contributed by atoms with Crippen LogP contribution in [-0.2, 0) is 9.53 Å². The highest BCUT2D eigenvalue weighted by atomic mass is 16.5. The van der Waals surface area contributed by atoms with Crippen LogP contribution in [0.5, 0.6) is 0 Å². The van der Waals surface area contributed by atoms with Gasteiger partial charge in [-0.1, -0.05) is 31.3 Å². The molecule has 1 heterocycles. The van der Waals surface area contributed by atoms with Crippen LogP contribution in [0, 0.1) is 6.92 Å². The van der Waals surface area contributed by atoms with E-state index >= 15 is 0 Å². The van der Waals surface area contributed by atoms with E-state index in [9.17, 15) is 9.59 Å². The Balaban J connectivity index is 2.78. The third kappa shape index (κ3) is 4.08. The van der Waals surface area contributed by atoms with Gasteiger partial charge in [0.15, 0.2) is 5.69 Å². The molecule has 0 radical (unpaired) electrons. The summed E-state index contributed by atoms with van der Waals surface area (Å²) in [6.07, 6.45) is 3.38. The molecular weight excluding hydrogens is 260 g/mol. The van der Waals surface area contributed by atoms with Crippen molar-refractivity contribution in [3.63, 3.8) is 0 Å². The first-order valence-corrected chi connectivity index (χ1v) is 6.77. The maximum absolute atomic E-state index is 12.1. The number of hydrogen-bond donors (Lipinski definition) is 1. The van der Waals surface area contributed by atoms with Gasteiger partial charge >= 0.3 is 5.97 Å². The van der Waals surface area contributed by atoms with Gasteiger partial charge < -0.3 is 14.6 Å². The number of esters is 1. The van der Waals surface area contributed by atoms with E-state index in [-0.39, 0.29) is 5.69 Å². The fourth-order valence-corrected chi connectivity index (χ4v) is 1.96. The Kier molecular flexibility index (Phi) is 5.73. The van der Waals surface area contributed by atoms with E-state index in [4.69, 9.17) is 9.26 Å². The first-order valence-electron chi connectivity index (χ1n) is 6.77. The van der Waals surface area contributed by atoms with Crippen LogP contribution in [0.2, 0.25) is 0 Å². The van der Waals surface area contributed by atoms with Gasteiger partial charge in [-0.05, 0) is 20.3 Å². The summed E-state index contributed by atoms with van der Waals surface area (Å²) in [4.78, 5) is 24.0. The number of carbonyl (C=O) groups excluding carboxylic acids is 2.